The van der Waals surface area contributed by atoms with Crippen LogP contribution in [0.4, 0.5) is 5.13 Å². The maximum atomic E-state index is 9.66. The molecule has 0 fully saturated rings. The van der Waals surface area contributed by atoms with E-state index in [1.54, 1.807) is 12.1 Å². The van der Waals surface area contributed by atoms with Crippen molar-refractivity contribution in [2.45, 2.75) is 13.8 Å². The van der Waals surface area contributed by atoms with Crippen LogP contribution in [0.15, 0.2) is 34.7 Å². The number of hydrazone groups is 1. The molecule has 0 spiro atoms. The first-order chi connectivity index (χ1) is 8.16. The highest BCUT2D eigenvalue weighted by molar-refractivity contribution is 7.13. The van der Waals surface area contributed by atoms with Gasteiger partial charge < -0.3 is 5.11 Å². The van der Waals surface area contributed by atoms with Gasteiger partial charge >= 0.3 is 0 Å². The van der Waals surface area contributed by atoms with E-state index in [9.17, 15) is 5.11 Å². The molecule has 2 aromatic rings. The average Bonchev–Trinajstić information content (AvgIpc) is 2.73. The van der Waals surface area contributed by atoms with Crippen LogP contribution in [0, 0.1) is 6.92 Å². The van der Waals surface area contributed by atoms with Crippen molar-refractivity contribution in [2.24, 2.45) is 5.10 Å². The van der Waals surface area contributed by atoms with E-state index in [-0.39, 0.29) is 5.75 Å². The fourth-order valence-corrected chi connectivity index (χ4v) is 2.01. The molecule has 1 heterocycles. The van der Waals surface area contributed by atoms with Crippen molar-refractivity contribution in [2.75, 3.05) is 5.43 Å². The molecule has 0 aliphatic heterocycles. The molecule has 0 bridgehead atoms. The molecule has 2 N–H and O–H groups in total. The van der Waals surface area contributed by atoms with E-state index in [0.717, 1.165) is 16.5 Å². The molecule has 88 valence electrons. The van der Waals surface area contributed by atoms with Crippen LogP contribution in [0.25, 0.3) is 0 Å². The number of rotatable bonds is 3. The quantitative estimate of drug-likeness (QED) is 0.647. The molecule has 5 heteroatoms. The lowest BCUT2D eigenvalue weighted by molar-refractivity contribution is 0.474. The van der Waals surface area contributed by atoms with Crippen molar-refractivity contribution >= 4 is 22.2 Å². The predicted molar refractivity (Wildman–Crippen MR) is 70.8 cm³/mol. The zero-order valence-corrected chi connectivity index (χ0v) is 10.5. The number of aromatic hydroxyl groups is 1. The van der Waals surface area contributed by atoms with Gasteiger partial charge in [-0.15, -0.1) is 11.3 Å². The largest absolute Gasteiger partial charge is 0.507 e. The number of anilines is 1. The summed E-state index contributed by atoms with van der Waals surface area (Å²) in [7, 11) is 0. The van der Waals surface area contributed by atoms with Gasteiger partial charge in [-0.1, -0.05) is 12.1 Å². The van der Waals surface area contributed by atoms with Crippen molar-refractivity contribution in [1.29, 1.82) is 0 Å². The third-order valence-corrected chi connectivity index (χ3v) is 3.10. The monoisotopic (exact) mass is 247 g/mol. The maximum Gasteiger partial charge on any atom is 0.203 e. The number of phenols is 1. The van der Waals surface area contributed by atoms with Gasteiger partial charge in [0.15, 0.2) is 0 Å². The summed E-state index contributed by atoms with van der Waals surface area (Å²) in [6.45, 7) is 3.77. The molecule has 0 radical (unpaired) electrons. The first-order valence-electron chi connectivity index (χ1n) is 5.17. The Morgan fingerprint density at radius 2 is 2.18 bits per heavy atom. The number of nitrogens with one attached hydrogen (secondary N) is 1. The summed E-state index contributed by atoms with van der Waals surface area (Å²) >= 11 is 1.50. The molecule has 0 unspecified atom stereocenters. The highest BCUT2D eigenvalue weighted by Crippen LogP contribution is 2.18. The zero-order valence-electron chi connectivity index (χ0n) is 9.64. The molecule has 17 heavy (non-hydrogen) atoms. The summed E-state index contributed by atoms with van der Waals surface area (Å²) in [6.07, 6.45) is 0. The summed E-state index contributed by atoms with van der Waals surface area (Å²) in [5.74, 6) is 0.228. The first kappa shape index (κ1) is 11.6. The first-order valence-corrected chi connectivity index (χ1v) is 6.05. The normalized spacial score (nSPS) is 11.5. The number of benzene rings is 1. The minimum absolute atomic E-state index is 0.228. The van der Waals surface area contributed by atoms with Crippen molar-refractivity contribution in [3.8, 4) is 5.75 Å². The molecule has 2 rings (SSSR count). The molecule has 0 saturated heterocycles. The lowest BCUT2D eigenvalue weighted by atomic mass is 10.1. The Bertz CT molecular complexity index is 548. The van der Waals surface area contributed by atoms with Crippen LogP contribution in [-0.2, 0) is 0 Å². The van der Waals surface area contributed by atoms with Gasteiger partial charge in [-0.3, -0.25) is 5.43 Å². The summed E-state index contributed by atoms with van der Waals surface area (Å²) in [5.41, 5.74) is 5.28. The second-order valence-electron chi connectivity index (χ2n) is 3.62. The molecular formula is C12H13N3OS. The Kier molecular flexibility index (Phi) is 3.39. The van der Waals surface area contributed by atoms with Crippen LogP contribution < -0.4 is 5.43 Å². The Morgan fingerprint density at radius 3 is 2.82 bits per heavy atom. The maximum absolute atomic E-state index is 9.66. The highest BCUT2D eigenvalue weighted by atomic mass is 32.1. The van der Waals surface area contributed by atoms with Crippen LogP contribution in [0.5, 0.6) is 5.75 Å². The number of aryl methyl sites for hydroxylation is 1. The van der Waals surface area contributed by atoms with Gasteiger partial charge in [-0.05, 0) is 26.0 Å². The van der Waals surface area contributed by atoms with Gasteiger partial charge in [-0.25, -0.2) is 4.98 Å². The van der Waals surface area contributed by atoms with Gasteiger partial charge in [0.05, 0.1) is 11.4 Å². The predicted octanol–water partition coefficient (Wildman–Crippen LogP) is 2.99. The number of para-hydroxylation sites is 1. The van der Waals surface area contributed by atoms with E-state index in [4.69, 9.17) is 0 Å². The second kappa shape index (κ2) is 4.97. The molecule has 1 aromatic heterocycles. The Balaban J connectivity index is 2.15. The van der Waals surface area contributed by atoms with E-state index in [2.05, 4.69) is 15.5 Å². The number of hydrogen-bond acceptors (Lipinski definition) is 5. The van der Waals surface area contributed by atoms with Crippen LogP contribution in [0.1, 0.15) is 18.2 Å². The van der Waals surface area contributed by atoms with Crippen molar-refractivity contribution < 1.29 is 5.11 Å². The third-order valence-electron chi connectivity index (χ3n) is 2.23. The van der Waals surface area contributed by atoms with Crippen LogP contribution in [0.2, 0.25) is 0 Å². The molecule has 0 amide bonds. The van der Waals surface area contributed by atoms with Crippen LogP contribution >= 0.6 is 11.3 Å². The third kappa shape index (κ3) is 2.82. The average molecular weight is 247 g/mol. The smallest absolute Gasteiger partial charge is 0.203 e. The summed E-state index contributed by atoms with van der Waals surface area (Å²) in [6, 6.07) is 7.11. The topological polar surface area (TPSA) is 57.5 Å². The van der Waals surface area contributed by atoms with E-state index in [1.807, 2.05) is 31.4 Å². The van der Waals surface area contributed by atoms with E-state index >= 15 is 0 Å². The number of phenolic OH excluding ortho intramolecular Hbond substituents is 1. The van der Waals surface area contributed by atoms with Gasteiger partial charge in [-0.2, -0.15) is 5.10 Å². The SMILES string of the molecule is C/C(=N/Nc1nc(C)cs1)c1ccccc1O. The van der Waals surface area contributed by atoms with Crippen molar-refractivity contribution in [3.05, 3.63) is 40.9 Å². The lowest BCUT2D eigenvalue weighted by Gasteiger charge is -2.03. The van der Waals surface area contributed by atoms with Gasteiger partial charge in [0.25, 0.3) is 0 Å². The minimum atomic E-state index is 0.228. The van der Waals surface area contributed by atoms with Crippen LogP contribution in [-0.4, -0.2) is 15.8 Å². The summed E-state index contributed by atoms with van der Waals surface area (Å²) < 4.78 is 0. The van der Waals surface area contributed by atoms with Crippen molar-refractivity contribution in [3.63, 3.8) is 0 Å². The number of hydrogen-bond donors (Lipinski definition) is 2. The molecule has 0 aliphatic carbocycles. The Labute approximate surface area is 104 Å². The van der Waals surface area contributed by atoms with E-state index < -0.39 is 0 Å². The highest BCUT2D eigenvalue weighted by Gasteiger charge is 2.03. The molecular weight excluding hydrogens is 234 g/mol. The molecule has 0 atom stereocenters. The van der Waals surface area contributed by atoms with Gasteiger partial charge in [0, 0.05) is 10.9 Å². The molecule has 0 aliphatic rings. The molecule has 0 saturated carbocycles. The summed E-state index contributed by atoms with van der Waals surface area (Å²) in [4.78, 5) is 4.24. The Morgan fingerprint density at radius 1 is 1.41 bits per heavy atom. The number of nitrogens with zero attached hydrogens (tertiary/aromatic N) is 2. The molecule has 1 aromatic carbocycles. The fraction of sp³-hybridized carbons (Fsp3) is 0.167. The van der Waals surface area contributed by atoms with E-state index in [0.29, 0.717) is 5.56 Å². The van der Waals surface area contributed by atoms with Crippen LogP contribution in [0.3, 0.4) is 0 Å². The second-order valence-corrected chi connectivity index (χ2v) is 4.48. The van der Waals surface area contributed by atoms with Crippen molar-refractivity contribution in [1.82, 2.24) is 4.98 Å². The van der Waals surface area contributed by atoms with E-state index in [1.165, 1.54) is 11.3 Å². The van der Waals surface area contributed by atoms with Gasteiger partial charge in [0.1, 0.15) is 5.75 Å². The number of thiazole rings is 1. The molecule has 4 nitrogen and oxygen atoms in total. The lowest BCUT2D eigenvalue weighted by Crippen LogP contribution is -1.99. The van der Waals surface area contributed by atoms with Gasteiger partial charge in [0.2, 0.25) is 5.13 Å². The Hall–Kier alpha value is -1.88. The minimum Gasteiger partial charge on any atom is -0.507 e. The number of aromatic nitrogens is 1. The summed E-state index contributed by atoms with van der Waals surface area (Å²) in [5, 5.41) is 16.6. The zero-order chi connectivity index (χ0) is 12.3. The fourth-order valence-electron chi connectivity index (χ4n) is 1.38. The standard InChI is InChI=1S/C12H13N3OS/c1-8-7-17-12(13-8)15-14-9(2)10-5-3-4-6-11(10)16/h3-7,16H,1-2H3,(H,13,15)/b14-9-.